The van der Waals surface area contributed by atoms with E-state index in [1.807, 2.05) is 0 Å². The van der Waals surface area contributed by atoms with E-state index in [0.717, 1.165) is 0 Å². The van der Waals surface area contributed by atoms with E-state index < -0.39 is 18.6 Å². The first kappa shape index (κ1) is 13.3. The Kier molecular flexibility index (Phi) is 4.23. The lowest BCUT2D eigenvalue weighted by Gasteiger charge is -2.23. The summed E-state index contributed by atoms with van der Waals surface area (Å²) in [6, 6.07) is 3.04. The van der Waals surface area contributed by atoms with Gasteiger partial charge >= 0.3 is 0 Å². The van der Waals surface area contributed by atoms with Gasteiger partial charge in [-0.25, -0.2) is 8.78 Å². The molecule has 90 valence electrons. The van der Waals surface area contributed by atoms with Gasteiger partial charge in [-0.1, -0.05) is 15.9 Å². The zero-order chi connectivity index (χ0) is 12.3. The Morgan fingerprint density at radius 1 is 1.56 bits per heavy atom. The lowest BCUT2D eigenvalue weighted by Crippen LogP contribution is -2.36. The SMILES string of the molecule is COc1ccc(Br)cc1[C@H](N)C(F)(F)CO. The molecule has 6 heteroatoms. The second kappa shape index (κ2) is 5.07. The van der Waals surface area contributed by atoms with Crippen molar-refractivity contribution in [3.8, 4) is 5.75 Å². The normalized spacial score (nSPS) is 13.6. The number of benzene rings is 1. The van der Waals surface area contributed by atoms with Crippen LogP contribution in [0.5, 0.6) is 5.75 Å². The molecule has 0 heterocycles. The molecular formula is C10H12BrF2NO2. The average Bonchev–Trinajstić information content (AvgIpc) is 2.28. The highest BCUT2D eigenvalue weighted by molar-refractivity contribution is 9.10. The van der Waals surface area contributed by atoms with Gasteiger partial charge in [0.25, 0.3) is 5.92 Å². The van der Waals surface area contributed by atoms with E-state index in [1.165, 1.54) is 19.2 Å². The van der Waals surface area contributed by atoms with Gasteiger partial charge in [0.2, 0.25) is 0 Å². The summed E-state index contributed by atoms with van der Waals surface area (Å²) in [5.41, 5.74) is 5.57. The largest absolute Gasteiger partial charge is 0.496 e. The minimum Gasteiger partial charge on any atom is -0.496 e. The monoisotopic (exact) mass is 295 g/mol. The van der Waals surface area contributed by atoms with Crippen molar-refractivity contribution in [1.29, 1.82) is 0 Å². The van der Waals surface area contributed by atoms with Crippen LogP contribution in [-0.2, 0) is 0 Å². The van der Waals surface area contributed by atoms with Gasteiger partial charge in [-0.2, -0.15) is 0 Å². The predicted octanol–water partition coefficient (Wildman–Crippen LogP) is 2.09. The molecule has 0 unspecified atom stereocenters. The van der Waals surface area contributed by atoms with Crippen LogP contribution in [0.1, 0.15) is 11.6 Å². The highest BCUT2D eigenvalue weighted by Crippen LogP contribution is 2.35. The Bertz CT molecular complexity index is 374. The molecule has 0 aliphatic carbocycles. The maximum atomic E-state index is 13.2. The third-order valence-corrected chi connectivity index (χ3v) is 2.69. The van der Waals surface area contributed by atoms with E-state index in [2.05, 4.69) is 15.9 Å². The fraction of sp³-hybridized carbons (Fsp3) is 0.400. The van der Waals surface area contributed by atoms with E-state index in [4.69, 9.17) is 15.6 Å². The fourth-order valence-electron chi connectivity index (χ4n) is 1.27. The van der Waals surface area contributed by atoms with Crippen molar-refractivity contribution in [3.05, 3.63) is 28.2 Å². The quantitative estimate of drug-likeness (QED) is 0.894. The van der Waals surface area contributed by atoms with Crippen LogP contribution in [0.15, 0.2) is 22.7 Å². The van der Waals surface area contributed by atoms with Crippen LogP contribution in [0.4, 0.5) is 8.78 Å². The summed E-state index contributed by atoms with van der Waals surface area (Å²) in [5.74, 6) is -3.11. The highest BCUT2D eigenvalue weighted by atomic mass is 79.9. The minimum absolute atomic E-state index is 0.149. The van der Waals surface area contributed by atoms with Crippen LogP contribution in [0, 0.1) is 0 Å². The Balaban J connectivity index is 3.16. The topological polar surface area (TPSA) is 55.5 Å². The van der Waals surface area contributed by atoms with E-state index >= 15 is 0 Å². The molecule has 1 aromatic carbocycles. The first-order valence-corrected chi connectivity index (χ1v) is 5.29. The number of ether oxygens (including phenoxy) is 1. The Morgan fingerprint density at radius 3 is 2.69 bits per heavy atom. The maximum absolute atomic E-state index is 13.2. The van der Waals surface area contributed by atoms with Crippen molar-refractivity contribution < 1.29 is 18.6 Å². The molecule has 1 atom stereocenters. The van der Waals surface area contributed by atoms with Crippen LogP contribution in [0.3, 0.4) is 0 Å². The number of nitrogens with two attached hydrogens (primary N) is 1. The van der Waals surface area contributed by atoms with Crippen LogP contribution in [0.2, 0.25) is 0 Å². The molecule has 1 rings (SSSR count). The lowest BCUT2D eigenvalue weighted by molar-refractivity contribution is -0.0715. The molecule has 3 N–H and O–H groups in total. The fourth-order valence-corrected chi connectivity index (χ4v) is 1.65. The van der Waals surface area contributed by atoms with Crippen molar-refractivity contribution in [2.24, 2.45) is 5.73 Å². The molecule has 3 nitrogen and oxygen atoms in total. The van der Waals surface area contributed by atoms with Gasteiger partial charge in [-0.3, -0.25) is 0 Å². The first-order valence-electron chi connectivity index (χ1n) is 4.50. The Hall–Kier alpha value is -0.720. The van der Waals surface area contributed by atoms with Gasteiger partial charge < -0.3 is 15.6 Å². The van der Waals surface area contributed by atoms with Gasteiger partial charge in [0.05, 0.1) is 7.11 Å². The second-order valence-electron chi connectivity index (χ2n) is 3.28. The van der Waals surface area contributed by atoms with Crippen molar-refractivity contribution in [1.82, 2.24) is 0 Å². The third-order valence-electron chi connectivity index (χ3n) is 2.19. The summed E-state index contributed by atoms with van der Waals surface area (Å²) in [6.07, 6.45) is 0. The number of halogens is 3. The summed E-state index contributed by atoms with van der Waals surface area (Å²) >= 11 is 3.16. The summed E-state index contributed by atoms with van der Waals surface area (Å²) < 4.78 is 32.0. The van der Waals surface area contributed by atoms with E-state index in [0.29, 0.717) is 4.47 Å². The van der Waals surface area contributed by atoms with Gasteiger partial charge in [0.1, 0.15) is 18.4 Å². The van der Waals surface area contributed by atoms with Crippen molar-refractivity contribution >= 4 is 15.9 Å². The molecule has 0 radical (unpaired) electrons. The second-order valence-corrected chi connectivity index (χ2v) is 4.20. The van der Waals surface area contributed by atoms with Gasteiger partial charge in [0.15, 0.2) is 0 Å². The number of aliphatic hydroxyl groups is 1. The van der Waals surface area contributed by atoms with Crippen molar-refractivity contribution in [3.63, 3.8) is 0 Å². The predicted molar refractivity (Wildman–Crippen MR) is 59.7 cm³/mol. The number of hydrogen-bond donors (Lipinski definition) is 2. The molecule has 0 spiro atoms. The van der Waals surface area contributed by atoms with Crippen molar-refractivity contribution in [2.45, 2.75) is 12.0 Å². The molecular weight excluding hydrogens is 284 g/mol. The molecule has 0 bridgehead atoms. The number of methoxy groups -OCH3 is 1. The molecule has 0 aliphatic rings. The number of aliphatic hydroxyl groups excluding tert-OH is 1. The maximum Gasteiger partial charge on any atom is 0.289 e. The number of hydrogen-bond acceptors (Lipinski definition) is 3. The minimum atomic E-state index is -3.38. The molecule has 0 fully saturated rings. The molecule has 16 heavy (non-hydrogen) atoms. The molecule has 0 saturated heterocycles. The van der Waals surface area contributed by atoms with Gasteiger partial charge in [-0.05, 0) is 18.2 Å². The van der Waals surface area contributed by atoms with Gasteiger partial charge in [-0.15, -0.1) is 0 Å². The zero-order valence-corrected chi connectivity index (χ0v) is 10.2. The smallest absolute Gasteiger partial charge is 0.289 e. The van der Waals surface area contributed by atoms with Crippen molar-refractivity contribution in [2.75, 3.05) is 13.7 Å². The Labute approximate surface area is 100 Å². The van der Waals surface area contributed by atoms with Crippen LogP contribution in [-0.4, -0.2) is 24.7 Å². The standard InChI is InChI=1S/C10H12BrF2NO2/c1-16-8-3-2-6(11)4-7(8)9(14)10(12,13)5-15/h2-4,9,15H,5,14H2,1H3/t9-/m0/s1. The van der Waals surface area contributed by atoms with Crippen LogP contribution < -0.4 is 10.5 Å². The number of alkyl halides is 2. The summed E-state index contributed by atoms with van der Waals surface area (Å²) in [7, 11) is 1.37. The lowest BCUT2D eigenvalue weighted by atomic mass is 10.0. The van der Waals surface area contributed by atoms with E-state index in [9.17, 15) is 8.78 Å². The molecule has 0 amide bonds. The third kappa shape index (κ3) is 2.69. The molecule has 0 aliphatic heterocycles. The first-order chi connectivity index (χ1) is 7.42. The molecule has 1 aromatic rings. The van der Waals surface area contributed by atoms with E-state index in [1.54, 1.807) is 6.07 Å². The van der Waals surface area contributed by atoms with Crippen LogP contribution >= 0.6 is 15.9 Å². The zero-order valence-electron chi connectivity index (χ0n) is 8.58. The summed E-state index contributed by atoms with van der Waals surface area (Å²) in [5, 5.41) is 8.58. The Morgan fingerprint density at radius 2 is 2.19 bits per heavy atom. The van der Waals surface area contributed by atoms with Crippen LogP contribution in [0.25, 0.3) is 0 Å². The average molecular weight is 296 g/mol. The molecule has 0 aromatic heterocycles. The van der Waals surface area contributed by atoms with E-state index in [-0.39, 0.29) is 11.3 Å². The van der Waals surface area contributed by atoms with Gasteiger partial charge in [0, 0.05) is 10.0 Å². The molecule has 0 saturated carbocycles. The number of rotatable bonds is 4. The summed E-state index contributed by atoms with van der Waals surface area (Å²) in [4.78, 5) is 0. The summed E-state index contributed by atoms with van der Waals surface area (Å²) in [6.45, 7) is -1.30. The highest BCUT2D eigenvalue weighted by Gasteiger charge is 2.38.